The Balaban J connectivity index is 1.95. The first-order valence-corrected chi connectivity index (χ1v) is 6.29. The summed E-state index contributed by atoms with van der Waals surface area (Å²) in [5.74, 6) is 1.13. The van der Waals surface area contributed by atoms with E-state index in [-0.39, 0.29) is 0 Å². The number of fused-ring (bicyclic) bond motifs is 1. The van der Waals surface area contributed by atoms with Crippen molar-refractivity contribution < 1.29 is 0 Å². The van der Waals surface area contributed by atoms with E-state index in [1.54, 1.807) is 0 Å². The zero-order valence-corrected chi connectivity index (χ0v) is 10.2. The number of nitrogens with zero attached hydrogens (tertiary/aromatic N) is 3. The van der Waals surface area contributed by atoms with Crippen molar-refractivity contribution in [3.63, 3.8) is 0 Å². The molecule has 0 saturated carbocycles. The van der Waals surface area contributed by atoms with Crippen molar-refractivity contribution in [1.82, 2.24) is 14.5 Å². The second-order valence-corrected chi connectivity index (χ2v) is 4.67. The maximum atomic E-state index is 4.68. The van der Waals surface area contributed by atoms with Crippen LogP contribution < -0.4 is 0 Å². The van der Waals surface area contributed by atoms with Gasteiger partial charge in [0, 0.05) is 11.9 Å². The van der Waals surface area contributed by atoms with Gasteiger partial charge in [0.1, 0.15) is 5.82 Å². The smallest absolute Gasteiger partial charge is 0.106 e. The first-order valence-electron chi connectivity index (χ1n) is 6.29. The van der Waals surface area contributed by atoms with Gasteiger partial charge in [0.05, 0.1) is 17.9 Å². The van der Waals surface area contributed by atoms with Crippen LogP contribution >= 0.6 is 0 Å². The Kier molecular flexibility index (Phi) is 2.67. The summed E-state index contributed by atoms with van der Waals surface area (Å²) in [7, 11) is 0. The van der Waals surface area contributed by atoms with Crippen LogP contribution in [0.5, 0.6) is 0 Å². The van der Waals surface area contributed by atoms with Crippen molar-refractivity contribution in [1.29, 1.82) is 0 Å². The molecule has 2 aromatic heterocycles. The molecule has 0 saturated heterocycles. The molecular formula is C14H17N3. The van der Waals surface area contributed by atoms with Gasteiger partial charge in [-0.25, -0.2) is 4.98 Å². The molecule has 0 spiro atoms. The largest absolute Gasteiger partial charge is 0.326 e. The highest BCUT2D eigenvalue weighted by atomic mass is 15.1. The fourth-order valence-electron chi connectivity index (χ4n) is 2.60. The predicted octanol–water partition coefficient (Wildman–Crippen LogP) is 2.51. The van der Waals surface area contributed by atoms with E-state index in [9.17, 15) is 0 Å². The number of hydrogen-bond donors (Lipinski definition) is 0. The molecule has 0 N–H and O–H groups in total. The quantitative estimate of drug-likeness (QED) is 0.789. The molecule has 3 heteroatoms. The third-order valence-corrected chi connectivity index (χ3v) is 3.47. The lowest BCUT2D eigenvalue weighted by Gasteiger charge is -2.14. The maximum absolute atomic E-state index is 4.68. The summed E-state index contributed by atoms with van der Waals surface area (Å²) >= 11 is 0. The molecule has 88 valence electrons. The molecule has 0 fully saturated rings. The summed E-state index contributed by atoms with van der Waals surface area (Å²) in [4.78, 5) is 9.08. The van der Waals surface area contributed by atoms with Gasteiger partial charge in [0.2, 0.25) is 0 Å². The minimum atomic E-state index is 0.856. The second kappa shape index (κ2) is 4.32. The molecule has 0 aromatic carbocycles. The summed E-state index contributed by atoms with van der Waals surface area (Å²) in [6.07, 6.45) is 6.75. The van der Waals surface area contributed by atoms with Gasteiger partial charge in [0.25, 0.3) is 0 Å². The van der Waals surface area contributed by atoms with Crippen LogP contribution in [0.2, 0.25) is 0 Å². The average Bonchev–Trinajstić information content (AvgIpc) is 2.68. The van der Waals surface area contributed by atoms with Gasteiger partial charge in [-0.3, -0.25) is 4.98 Å². The van der Waals surface area contributed by atoms with Gasteiger partial charge in [-0.1, -0.05) is 6.07 Å². The monoisotopic (exact) mass is 227 g/mol. The van der Waals surface area contributed by atoms with Crippen molar-refractivity contribution in [3.05, 3.63) is 47.3 Å². The van der Waals surface area contributed by atoms with E-state index >= 15 is 0 Å². The lowest BCUT2D eigenvalue weighted by atomic mass is 10.0. The van der Waals surface area contributed by atoms with Gasteiger partial charge in [-0.15, -0.1) is 0 Å². The summed E-state index contributed by atoms with van der Waals surface area (Å²) in [5.41, 5.74) is 3.85. The highest BCUT2D eigenvalue weighted by molar-refractivity contribution is 5.21. The van der Waals surface area contributed by atoms with Crippen molar-refractivity contribution >= 4 is 0 Å². The standard InChI is InChI=1S/C14H17N3/c1-11-16-13-7-2-3-8-14(13)17(11)10-12-6-4-5-9-15-12/h4-6,9H,2-3,7-8,10H2,1H3. The zero-order chi connectivity index (χ0) is 11.7. The number of hydrogen-bond acceptors (Lipinski definition) is 2. The fraction of sp³-hybridized carbons (Fsp3) is 0.429. The fourth-order valence-corrected chi connectivity index (χ4v) is 2.60. The summed E-state index contributed by atoms with van der Waals surface area (Å²) < 4.78 is 2.33. The van der Waals surface area contributed by atoms with Crippen molar-refractivity contribution in [3.8, 4) is 0 Å². The van der Waals surface area contributed by atoms with E-state index in [1.807, 2.05) is 18.3 Å². The molecule has 0 amide bonds. The van der Waals surface area contributed by atoms with Crippen LogP contribution in [0.25, 0.3) is 0 Å². The van der Waals surface area contributed by atoms with Crippen molar-refractivity contribution in [2.45, 2.75) is 39.2 Å². The number of pyridine rings is 1. The molecule has 0 aliphatic heterocycles. The molecule has 0 radical (unpaired) electrons. The number of aromatic nitrogens is 3. The van der Waals surface area contributed by atoms with E-state index in [1.165, 1.54) is 30.7 Å². The minimum absolute atomic E-state index is 0.856. The van der Waals surface area contributed by atoms with Crippen molar-refractivity contribution in [2.24, 2.45) is 0 Å². The van der Waals surface area contributed by atoms with Crippen LogP contribution in [-0.2, 0) is 19.4 Å². The van der Waals surface area contributed by atoms with Gasteiger partial charge in [0.15, 0.2) is 0 Å². The summed E-state index contributed by atoms with van der Waals surface area (Å²) in [6, 6.07) is 6.08. The molecule has 2 aromatic rings. The van der Waals surface area contributed by atoms with Gasteiger partial charge in [-0.2, -0.15) is 0 Å². The lowest BCUT2D eigenvalue weighted by Crippen LogP contribution is -2.11. The van der Waals surface area contributed by atoms with Crippen LogP contribution in [0.15, 0.2) is 24.4 Å². The van der Waals surface area contributed by atoms with Crippen LogP contribution in [0, 0.1) is 6.92 Å². The van der Waals surface area contributed by atoms with Gasteiger partial charge in [-0.05, 0) is 44.7 Å². The number of aryl methyl sites for hydroxylation is 2. The summed E-state index contributed by atoms with van der Waals surface area (Å²) in [6.45, 7) is 2.95. The van der Waals surface area contributed by atoms with E-state index < -0.39 is 0 Å². The zero-order valence-electron chi connectivity index (χ0n) is 10.2. The Morgan fingerprint density at radius 1 is 1.24 bits per heavy atom. The Hall–Kier alpha value is -1.64. The van der Waals surface area contributed by atoms with Crippen LogP contribution in [-0.4, -0.2) is 14.5 Å². The van der Waals surface area contributed by atoms with Gasteiger partial charge < -0.3 is 4.57 Å². The highest BCUT2D eigenvalue weighted by Crippen LogP contribution is 2.22. The third kappa shape index (κ3) is 1.97. The Morgan fingerprint density at radius 2 is 2.12 bits per heavy atom. The number of imidazole rings is 1. The molecule has 0 atom stereocenters. The molecule has 17 heavy (non-hydrogen) atoms. The minimum Gasteiger partial charge on any atom is -0.326 e. The van der Waals surface area contributed by atoms with Crippen molar-refractivity contribution in [2.75, 3.05) is 0 Å². The number of rotatable bonds is 2. The highest BCUT2D eigenvalue weighted by Gasteiger charge is 2.17. The van der Waals surface area contributed by atoms with Crippen LogP contribution in [0.1, 0.15) is 35.7 Å². The SMILES string of the molecule is Cc1nc2c(n1Cc1ccccn1)CCCC2. The van der Waals surface area contributed by atoms with Crippen LogP contribution in [0.3, 0.4) is 0 Å². The van der Waals surface area contributed by atoms with E-state index in [2.05, 4.69) is 27.5 Å². The Labute approximate surface area is 102 Å². The van der Waals surface area contributed by atoms with E-state index in [4.69, 9.17) is 0 Å². The molecule has 3 nitrogen and oxygen atoms in total. The first kappa shape index (κ1) is 10.5. The normalized spacial score (nSPS) is 14.6. The molecule has 1 aliphatic rings. The third-order valence-electron chi connectivity index (χ3n) is 3.47. The molecule has 0 bridgehead atoms. The molecule has 0 unspecified atom stereocenters. The van der Waals surface area contributed by atoms with E-state index in [0.717, 1.165) is 24.5 Å². The Bertz CT molecular complexity index is 514. The average molecular weight is 227 g/mol. The van der Waals surface area contributed by atoms with Gasteiger partial charge >= 0.3 is 0 Å². The first-order chi connectivity index (χ1) is 8.34. The molecule has 1 aliphatic carbocycles. The summed E-state index contributed by atoms with van der Waals surface area (Å²) in [5, 5.41) is 0. The maximum Gasteiger partial charge on any atom is 0.106 e. The Morgan fingerprint density at radius 3 is 2.94 bits per heavy atom. The molecule has 2 heterocycles. The molecule has 3 rings (SSSR count). The lowest BCUT2D eigenvalue weighted by molar-refractivity contribution is 0.620. The topological polar surface area (TPSA) is 30.7 Å². The predicted molar refractivity (Wildman–Crippen MR) is 66.9 cm³/mol. The van der Waals surface area contributed by atoms with E-state index in [0.29, 0.717) is 0 Å². The molecular weight excluding hydrogens is 210 g/mol. The van der Waals surface area contributed by atoms with Crippen LogP contribution in [0.4, 0.5) is 0 Å². The second-order valence-electron chi connectivity index (χ2n) is 4.67.